The summed E-state index contributed by atoms with van der Waals surface area (Å²) >= 11 is 9.31. The number of nitrogens with one attached hydrogen (secondary N) is 1. The number of hydrogen-bond acceptors (Lipinski definition) is 1. The van der Waals surface area contributed by atoms with Crippen LogP contribution < -0.4 is 5.32 Å². The van der Waals surface area contributed by atoms with Crippen molar-refractivity contribution < 1.29 is 13.2 Å². The van der Waals surface area contributed by atoms with Gasteiger partial charge in [-0.05, 0) is 25.6 Å². The zero-order valence-electron chi connectivity index (χ0n) is 9.11. The van der Waals surface area contributed by atoms with Crippen molar-refractivity contribution in [3.05, 3.63) is 33.3 Å². The summed E-state index contributed by atoms with van der Waals surface area (Å²) in [4.78, 5) is 0. The third kappa shape index (κ3) is 4.48. The van der Waals surface area contributed by atoms with Gasteiger partial charge in [0.15, 0.2) is 0 Å². The van der Waals surface area contributed by atoms with Crippen molar-refractivity contribution in [2.75, 3.05) is 7.05 Å². The van der Waals surface area contributed by atoms with Crippen molar-refractivity contribution >= 4 is 27.5 Å². The van der Waals surface area contributed by atoms with Gasteiger partial charge in [0.25, 0.3) is 0 Å². The van der Waals surface area contributed by atoms with Crippen LogP contribution in [0.25, 0.3) is 0 Å². The maximum Gasteiger partial charge on any atom is 0.389 e. The summed E-state index contributed by atoms with van der Waals surface area (Å²) in [7, 11) is 1.62. The van der Waals surface area contributed by atoms with Crippen LogP contribution in [-0.4, -0.2) is 13.2 Å². The fourth-order valence-corrected chi connectivity index (χ4v) is 2.65. The van der Waals surface area contributed by atoms with Gasteiger partial charge in [0.2, 0.25) is 0 Å². The predicted molar refractivity (Wildman–Crippen MR) is 66.2 cm³/mol. The second kappa shape index (κ2) is 6.07. The Bertz CT molecular complexity index is 361. The van der Waals surface area contributed by atoms with Crippen LogP contribution in [0.15, 0.2) is 22.7 Å². The smallest absolute Gasteiger partial charge is 0.313 e. The highest BCUT2D eigenvalue weighted by atomic mass is 79.9. The van der Waals surface area contributed by atoms with Crippen LogP contribution >= 0.6 is 27.5 Å². The van der Waals surface area contributed by atoms with E-state index in [0.29, 0.717) is 15.1 Å². The maximum atomic E-state index is 12.2. The van der Waals surface area contributed by atoms with E-state index in [0.717, 1.165) is 0 Å². The SMILES string of the molecule is CNC(CCC(F)(F)F)c1c(Cl)cccc1Br. The summed E-state index contributed by atoms with van der Waals surface area (Å²) in [6.45, 7) is 0. The number of rotatable bonds is 4. The first-order valence-corrected chi connectivity index (χ1v) is 6.20. The molecule has 1 rings (SSSR count). The summed E-state index contributed by atoms with van der Waals surface area (Å²) < 4.78 is 37.3. The first-order chi connectivity index (χ1) is 7.85. The average molecular weight is 331 g/mol. The quantitative estimate of drug-likeness (QED) is 0.843. The monoisotopic (exact) mass is 329 g/mol. The van der Waals surface area contributed by atoms with E-state index in [4.69, 9.17) is 11.6 Å². The molecule has 96 valence electrons. The minimum absolute atomic E-state index is 0.0394. The third-order valence-electron chi connectivity index (χ3n) is 2.41. The molecule has 1 aromatic carbocycles. The lowest BCUT2D eigenvalue weighted by atomic mass is 10.0. The Morgan fingerprint density at radius 1 is 1.41 bits per heavy atom. The van der Waals surface area contributed by atoms with E-state index in [9.17, 15) is 13.2 Å². The molecule has 0 saturated heterocycles. The molecule has 0 radical (unpaired) electrons. The van der Waals surface area contributed by atoms with Crippen molar-refractivity contribution in [3.63, 3.8) is 0 Å². The van der Waals surface area contributed by atoms with Gasteiger partial charge in [0.05, 0.1) is 0 Å². The van der Waals surface area contributed by atoms with Crippen molar-refractivity contribution in [2.24, 2.45) is 0 Å². The summed E-state index contributed by atoms with van der Waals surface area (Å²) in [5.74, 6) is 0. The van der Waals surface area contributed by atoms with Gasteiger partial charge in [0, 0.05) is 27.5 Å². The van der Waals surface area contributed by atoms with Gasteiger partial charge in [-0.1, -0.05) is 33.6 Å². The molecule has 0 saturated carbocycles. The Labute approximate surface area is 111 Å². The summed E-state index contributed by atoms with van der Waals surface area (Å²) in [5, 5.41) is 3.32. The average Bonchev–Trinajstić information content (AvgIpc) is 2.21. The molecule has 0 aliphatic rings. The number of hydrogen-bond donors (Lipinski definition) is 1. The molecule has 1 aromatic rings. The molecule has 0 aromatic heterocycles. The lowest BCUT2D eigenvalue weighted by Gasteiger charge is -2.20. The zero-order valence-corrected chi connectivity index (χ0v) is 11.5. The lowest BCUT2D eigenvalue weighted by molar-refractivity contribution is -0.136. The van der Waals surface area contributed by atoms with E-state index in [-0.39, 0.29) is 6.42 Å². The highest BCUT2D eigenvalue weighted by molar-refractivity contribution is 9.10. The van der Waals surface area contributed by atoms with Crippen molar-refractivity contribution in [1.82, 2.24) is 5.32 Å². The van der Waals surface area contributed by atoms with E-state index >= 15 is 0 Å². The molecule has 0 fully saturated rings. The molecule has 0 amide bonds. The minimum atomic E-state index is -4.15. The second-order valence-corrected chi connectivity index (χ2v) is 4.89. The Kier molecular flexibility index (Phi) is 5.28. The summed E-state index contributed by atoms with van der Waals surface area (Å²) in [6, 6.07) is 4.75. The number of benzene rings is 1. The van der Waals surface area contributed by atoms with Gasteiger partial charge in [0.1, 0.15) is 0 Å². The molecule has 1 N–H and O–H groups in total. The normalized spacial score (nSPS) is 13.8. The highest BCUT2D eigenvalue weighted by Gasteiger charge is 2.29. The Morgan fingerprint density at radius 2 is 2.06 bits per heavy atom. The lowest BCUT2D eigenvalue weighted by Crippen LogP contribution is -2.20. The van der Waals surface area contributed by atoms with Crippen LogP contribution in [0, 0.1) is 0 Å². The highest BCUT2D eigenvalue weighted by Crippen LogP contribution is 2.34. The molecule has 1 atom stereocenters. The third-order valence-corrected chi connectivity index (χ3v) is 3.43. The molecule has 0 heterocycles. The zero-order chi connectivity index (χ0) is 13.1. The van der Waals surface area contributed by atoms with Gasteiger partial charge in [-0.15, -0.1) is 0 Å². The largest absolute Gasteiger partial charge is 0.389 e. The van der Waals surface area contributed by atoms with Crippen LogP contribution in [0.3, 0.4) is 0 Å². The Balaban J connectivity index is 2.87. The molecule has 0 spiro atoms. The number of halogens is 5. The van der Waals surface area contributed by atoms with Gasteiger partial charge < -0.3 is 5.32 Å². The molecule has 0 aliphatic heterocycles. The summed E-state index contributed by atoms with van der Waals surface area (Å²) in [5.41, 5.74) is 0.668. The van der Waals surface area contributed by atoms with Gasteiger partial charge in [-0.3, -0.25) is 0 Å². The predicted octanol–water partition coefficient (Wildman–Crippen LogP) is 4.71. The van der Waals surface area contributed by atoms with Crippen LogP contribution in [0.2, 0.25) is 5.02 Å². The van der Waals surface area contributed by atoms with Crippen molar-refractivity contribution in [2.45, 2.75) is 25.1 Å². The maximum absolute atomic E-state index is 12.2. The number of alkyl halides is 3. The van der Waals surface area contributed by atoms with E-state index in [1.54, 1.807) is 25.2 Å². The van der Waals surface area contributed by atoms with Crippen LogP contribution in [0.4, 0.5) is 13.2 Å². The molecule has 1 nitrogen and oxygen atoms in total. The first-order valence-electron chi connectivity index (χ1n) is 5.03. The molecule has 6 heteroatoms. The van der Waals surface area contributed by atoms with E-state index < -0.39 is 18.6 Å². The molecule has 0 aliphatic carbocycles. The Hall–Kier alpha value is -0.260. The molecular weight excluding hydrogens is 318 g/mol. The minimum Gasteiger partial charge on any atom is -0.313 e. The van der Waals surface area contributed by atoms with Crippen molar-refractivity contribution in [1.29, 1.82) is 0 Å². The van der Waals surface area contributed by atoms with E-state index in [1.807, 2.05) is 0 Å². The van der Waals surface area contributed by atoms with E-state index in [1.165, 1.54) is 0 Å². The van der Waals surface area contributed by atoms with Gasteiger partial charge >= 0.3 is 6.18 Å². The molecule has 0 bridgehead atoms. The molecule has 1 unspecified atom stereocenters. The first kappa shape index (κ1) is 14.8. The van der Waals surface area contributed by atoms with E-state index in [2.05, 4.69) is 21.2 Å². The fraction of sp³-hybridized carbons (Fsp3) is 0.455. The summed E-state index contributed by atoms with van der Waals surface area (Å²) in [6.07, 6.45) is -5.03. The topological polar surface area (TPSA) is 12.0 Å². The fourth-order valence-electron chi connectivity index (χ4n) is 1.58. The van der Waals surface area contributed by atoms with Gasteiger partial charge in [-0.25, -0.2) is 0 Å². The molecular formula is C11H12BrClF3N. The molecule has 17 heavy (non-hydrogen) atoms. The van der Waals surface area contributed by atoms with Crippen LogP contribution in [-0.2, 0) is 0 Å². The van der Waals surface area contributed by atoms with Crippen LogP contribution in [0.5, 0.6) is 0 Å². The van der Waals surface area contributed by atoms with Gasteiger partial charge in [-0.2, -0.15) is 13.2 Å². The second-order valence-electron chi connectivity index (χ2n) is 3.63. The van der Waals surface area contributed by atoms with Crippen molar-refractivity contribution in [3.8, 4) is 0 Å². The van der Waals surface area contributed by atoms with Crippen LogP contribution in [0.1, 0.15) is 24.4 Å². The Morgan fingerprint density at radius 3 is 2.53 bits per heavy atom. The standard InChI is InChI=1S/C11H12BrClF3N/c1-17-9(5-6-11(14,15)16)10-7(12)3-2-4-8(10)13/h2-4,9,17H,5-6H2,1H3.